The molecule has 0 saturated carbocycles. The Morgan fingerprint density at radius 1 is 0.509 bits per heavy atom. The first-order chi connectivity index (χ1) is 27.1. The van der Waals surface area contributed by atoms with Gasteiger partial charge in [-0.15, -0.1) is 0 Å². The molecule has 0 aliphatic heterocycles. The molecule has 2 heterocycles. The molecule has 4 nitrogen and oxygen atoms in total. The molecule has 0 saturated heterocycles. The quantitative estimate of drug-likeness (QED) is 0.120. The van der Waals surface area contributed by atoms with Crippen LogP contribution in [0.25, 0.3) is 78.1 Å². The minimum absolute atomic E-state index is 0.468. The third-order valence-corrected chi connectivity index (χ3v) is 10.4. The van der Waals surface area contributed by atoms with Gasteiger partial charge in [0.25, 0.3) is 0 Å². The highest BCUT2D eigenvalue weighted by atomic mass is 15.2. The summed E-state index contributed by atoms with van der Waals surface area (Å²) in [5.74, 6) is 0.778. The molecule has 7 aromatic carbocycles. The van der Waals surface area contributed by atoms with Crippen molar-refractivity contribution in [1.29, 1.82) is 0 Å². The number of anilines is 3. The number of nitrogens with two attached hydrogens (primary N) is 1. The summed E-state index contributed by atoms with van der Waals surface area (Å²) in [5, 5.41) is 6.93. The number of benzene rings is 7. The number of hydrogen-bond acceptors (Lipinski definition) is 4. The molecule has 262 valence electrons. The lowest BCUT2D eigenvalue weighted by molar-refractivity contribution is 0.911. The van der Waals surface area contributed by atoms with Gasteiger partial charge in [0, 0.05) is 11.1 Å². The minimum Gasteiger partial charge on any atom is -0.397 e. The van der Waals surface area contributed by atoms with Gasteiger partial charge in [0.15, 0.2) is 0 Å². The number of nitrogen functional groups attached to an aromatic ring is 1. The summed E-state index contributed by atoms with van der Waals surface area (Å²) in [6, 6.07) is 59.1. The van der Waals surface area contributed by atoms with Gasteiger partial charge in [0.1, 0.15) is 5.82 Å². The van der Waals surface area contributed by atoms with Crippen LogP contribution in [0.4, 0.5) is 17.2 Å². The van der Waals surface area contributed by atoms with Crippen molar-refractivity contribution in [3.05, 3.63) is 200 Å². The summed E-state index contributed by atoms with van der Waals surface area (Å²) >= 11 is 0. The standard InChI is InChI=1S/C51H38N4/c1-3-34-30-31-37(32-35(34)4-2)50-41-20-7-9-22-43(41)51(44-23-10-8-21-42(44)50)47-27-15-29-49(54-47)55(48-28-12-11-25-45(48)52)33-38-18-14-26-46(53-38)40-24-13-17-36-16-5-6-19-39(36)40/h3-32H,1-2,33,52H2. The average molecular weight is 707 g/mol. The molecule has 2 N–H and O–H groups in total. The van der Waals surface area contributed by atoms with Crippen LogP contribution >= 0.6 is 0 Å². The molecule has 0 radical (unpaired) electrons. The van der Waals surface area contributed by atoms with Gasteiger partial charge >= 0.3 is 0 Å². The molecule has 9 aromatic rings. The number of pyridine rings is 2. The SMILES string of the molecule is C=Cc1ccc(-c2c3ccccc3c(-c3cccc(N(Cc4cccc(-c5cccc6ccccc56)n4)c4ccccc4N)n3)c3ccccc23)cc1C=C. The van der Waals surface area contributed by atoms with Gasteiger partial charge < -0.3 is 10.6 Å². The second-order valence-electron chi connectivity index (χ2n) is 13.7. The molecular weight excluding hydrogens is 669 g/mol. The summed E-state index contributed by atoms with van der Waals surface area (Å²) in [4.78, 5) is 12.8. The first kappa shape index (κ1) is 33.5. The molecule has 9 rings (SSSR count). The Balaban J connectivity index is 1.20. The van der Waals surface area contributed by atoms with Crippen molar-refractivity contribution in [2.45, 2.75) is 6.54 Å². The molecule has 4 heteroatoms. The summed E-state index contributed by atoms with van der Waals surface area (Å²) in [6.07, 6.45) is 3.78. The molecule has 0 unspecified atom stereocenters. The van der Waals surface area contributed by atoms with Gasteiger partial charge in [-0.1, -0.05) is 153 Å². The summed E-state index contributed by atoms with van der Waals surface area (Å²) < 4.78 is 0. The lowest BCUT2D eigenvalue weighted by Crippen LogP contribution is -2.20. The van der Waals surface area contributed by atoms with Crippen molar-refractivity contribution in [2.75, 3.05) is 10.6 Å². The summed E-state index contributed by atoms with van der Waals surface area (Å²) in [5.41, 5.74) is 17.6. The van der Waals surface area contributed by atoms with E-state index in [1.807, 2.05) is 36.4 Å². The lowest BCUT2D eigenvalue weighted by Gasteiger charge is -2.26. The van der Waals surface area contributed by atoms with E-state index in [1.165, 1.54) is 16.3 Å². The van der Waals surface area contributed by atoms with E-state index in [0.29, 0.717) is 12.2 Å². The maximum absolute atomic E-state index is 6.70. The molecule has 0 atom stereocenters. The maximum Gasteiger partial charge on any atom is 0.134 e. The van der Waals surface area contributed by atoms with Gasteiger partial charge in [0.2, 0.25) is 0 Å². The van der Waals surface area contributed by atoms with Gasteiger partial charge in [-0.2, -0.15) is 0 Å². The molecule has 0 amide bonds. The Bertz CT molecular complexity index is 2860. The third-order valence-electron chi connectivity index (χ3n) is 10.4. The zero-order valence-corrected chi connectivity index (χ0v) is 30.4. The Labute approximate surface area is 321 Å². The normalized spacial score (nSPS) is 11.2. The van der Waals surface area contributed by atoms with Crippen LogP contribution in [0.5, 0.6) is 0 Å². The highest BCUT2D eigenvalue weighted by Gasteiger charge is 2.21. The number of fused-ring (bicyclic) bond motifs is 3. The molecular formula is C51H38N4. The van der Waals surface area contributed by atoms with Gasteiger partial charge in [0.05, 0.1) is 35.0 Å². The summed E-state index contributed by atoms with van der Waals surface area (Å²) in [6.45, 7) is 8.57. The maximum atomic E-state index is 6.70. The van der Waals surface area contributed by atoms with Crippen molar-refractivity contribution in [3.8, 4) is 33.6 Å². The number of hydrogen-bond donors (Lipinski definition) is 1. The Hall–Kier alpha value is -7.30. The molecule has 0 aliphatic carbocycles. The van der Waals surface area contributed by atoms with E-state index in [-0.39, 0.29) is 0 Å². The first-order valence-corrected chi connectivity index (χ1v) is 18.5. The Morgan fingerprint density at radius 3 is 1.84 bits per heavy atom. The van der Waals surface area contributed by atoms with Crippen LogP contribution in [-0.2, 0) is 6.54 Å². The first-order valence-electron chi connectivity index (χ1n) is 18.5. The fourth-order valence-corrected chi connectivity index (χ4v) is 7.87. The fraction of sp³-hybridized carbons (Fsp3) is 0.0196. The number of para-hydroxylation sites is 2. The molecule has 55 heavy (non-hydrogen) atoms. The van der Waals surface area contributed by atoms with Gasteiger partial charge in [-0.3, -0.25) is 4.98 Å². The molecule has 0 bridgehead atoms. The van der Waals surface area contributed by atoms with E-state index < -0.39 is 0 Å². The van der Waals surface area contributed by atoms with Crippen LogP contribution in [0, 0.1) is 0 Å². The zero-order valence-electron chi connectivity index (χ0n) is 30.4. The van der Waals surface area contributed by atoms with Crippen LogP contribution in [0.15, 0.2) is 183 Å². The Morgan fingerprint density at radius 2 is 1.11 bits per heavy atom. The van der Waals surface area contributed by atoms with E-state index in [4.69, 9.17) is 15.7 Å². The monoisotopic (exact) mass is 706 g/mol. The van der Waals surface area contributed by atoms with Crippen molar-refractivity contribution in [3.63, 3.8) is 0 Å². The number of nitrogens with zero attached hydrogens (tertiary/aromatic N) is 3. The zero-order chi connectivity index (χ0) is 37.3. The molecule has 0 spiro atoms. The second kappa shape index (κ2) is 14.3. The average Bonchev–Trinajstić information content (AvgIpc) is 3.24. The van der Waals surface area contributed by atoms with Crippen LogP contribution in [0.1, 0.15) is 16.8 Å². The highest BCUT2D eigenvalue weighted by Crippen LogP contribution is 2.44. The molecule has 2 aromatic heterocycles. The smallest absolute Gasteiger partial charge is 0.134 e. The van der Waals surface area contributed by atoms with Crippen LogP contribution in [0.3, 0.4) is 0 Å². The Kier molecular flexibility index (Phi) is 8.69. The third kappa shape index (κ3) is 6.10. The summed E-state index contributed by atoms with van der Waals surface area (Å²) in [7, 11) is 0. The van der Waals surface area contributed by atoms with E-state index in [1.54, 1.807) is 0 Å². The van der Waals surface area contributed by atoms with Gasteiger partial charge in [-0.05, 0) is 97.0 Å². The van der Waals surface area contributed by atoms with Crippen molar-refractivity contribution >= 4 is 61.7 Å². The molecule has 0 fully saturated rings. The van der Waals surface area contributed by atoms with Gasteiger partial charge in [-0.25, -0.2) is 4.98 Å². The van der Waals surface area contributed by atoms with E-state index in [9.17, 15) is 0 Å². The van der Waals surface area contributed by atoms with Crippen molar-refractivity contribution < 1.29 is 0 Å². The predicted octanol–water partition coefficient (Wildman–Crippen LogP) is 13.1. The van der Waals surface area contributed by atoms with Crippen LogP contribution in [0.2, 0.25) is 0 Å². The highest BCUT2D eigenvalue weighted by molar-refractivity contribution is 6.21. The van der Waals surface area contributed by atoms with Crippen LogP contribution < -0.4 is 10.6 Å². The number of rotatable bonds is 9. The van der Waals surface area contributed by atoms with E-state index >= 15 is 0 Å². The number of aromatic nitrogens is 2. The predicted molar refractivity (Wildman–Crippen MR) is 234 cm³/mol. The van der Waals surface area contributed by atoms with Crippen LogP contribution in [-0.4, -0.2) is 9.97 Å². The second-order valence-corrected chi connectivity index (χ2v) is 13.7. The lowest BCUT2D eigenvalue weighted by atomic mass is 9.86. The molecule has 0 aliphatic rings. The van der Waals surface area contributed by atoms with Crippen molar-refractivity contribution in [2.24, 2.45) is 0 Å². The fourth-order valence-electron chi connectivity index (χ4n) is 7.87. The minimum atomic E-state index is 0.468. The van der Waals surface area contributed by atoms with Crippen molar-refractivity contribution in [1.82, 2.24) is 9.97 Å². The van der Waals surface area contributed by atoms with E-state index in [0.717, 1.165) is 77.9 Å². The topological polar surface area (TPSA) is 55.0 Å². The van der Waals surface area contributed by atoms with E-state index in [2.05, 4.69) is 164 Å². The largest absolute Gasteiger partial charge is 0.397 e.